The standard InChI is InChI=1S/C12H12ClN3O3S/c1-16(8-9-3-2-4-10(17)5-9)20(18,19)11-6-14-12(13)15-7-11/h2-7,17H,8H2,1H3. The Morgan fingerprint density at radius 2 is 1.95 bits per heavy atom. The number of benzene rings is 1. The fraction of sp³-hybridized carbons (Fsp3) is 0.167. The smallest absolute Gasteiger partial charge is 0.246 e. The molecule has 1 N–H and O–H groups in total. The van der Waals surface area contributed by atoms with Gasteiger partial charge >= 0.3 is 0 Å². The normalized spacial score (nSPS) is 11.8. The van der Waals surface area contributed by atoms with Crippen molar-refractivity contribution in [2.75, 3.05) is 7.05 Å². The number of phenols is 1. The molecule has 6 nitrogen and oxygen atoms in total. The molecule has 0 atom stereocenters. The third-order valence-corrected chi connectivity index (χ3v) is 4.57. The maximum Gasteiger partial charge on any atom is 0.246 e. The molecule has 0 aliphatic heterocycles. The first-order chi connectivity index (χ1) is 9.39. The van der Waals surface area contributed by atoms with E-state index >= 15 is 0 Å². The summed E-state index contributed by atoms with van der Waals surface area (Å²) in [6.07, 6.45) is 2.31. The molecular weight excluding hydrogens is 302 g/mol. The van der Waals surface area contributed by atoms with E-state index in [9.17, 15) is 13.5 Å². The summed E-state index contributed by atoms with van der Waals surface area (Å²) in [6.45, 7) is 0.124. The highest BCUT2D eigenvalue weighted by atomic mass is 35.5. The van der Waals surface area contributed by atoms with Crippen LogP contribution in [0.4, 0.5) is 0 Å². The van der Waals surface area contributed by atoms with Crippen LogP contribution in [0, 0.1) is 0 Å². The highest BCUT2D eigenvalue weighted by Gasteiger charge is 2.21. The lowest BCUT2D eigenvalue weighted by molar-refractivity contribution is 0.457. The number of nitrogens with zero attached hydrogens (tertiary/aromatic N) is 3. The van der Waals surface area contributed by atoms with Crippen LogP contribution in [0.25, 0.3) is 0 Å². The summed E-state index contributed by atoms with van der Waals surface area (Å²) in [6, 6.07) is 6.40. The van der Waals surface area contributed by atoms with Gasteiger partial charge in [-0.25, -0.2) is 18.4 Å². The minimum absolute atomic E-state index is 0.0143. The number of halogens is 1. The van der Waals surface area contributed by atoms with E-state index in [-0.39, 0.29) is 22.5 Å². The Morgan fingerprint density at radius 3 is 2.55 bits per heavy atom. The zero-order valence-electron chi connectivity index (χ0n) is 10.6. The highest BCUT2D eigenvalue weighted by molar-refractivity contribution is 7.89. The van der Waals surface area contributed by atoms with Gasteiger partial charge in [0.25, 0.3) is 0 Å². The molecule has 0 spiro atoms. The molecule has 0 amide bonds. The Balaban J connectivity index is 2.23. The molecule has 0 bridgehead atoms. The number of hydrogen-bond donors (Lipinski definition) is 1. The molecule has 0 unspecified atom stereocenters. The van der Waals surface area contributed by atoms with Crippen LogP contribution < -0.4 is 0 Å². The Labute approximate surface area is 121 Å². The first kappa shape index (κ1) is 14.7. The number of phenolic OH excluding ortho intramolecular Hbond substituents is 1. The van der Waals surface area contributed by atoms with E-state index in [1.807, 2.05) is 0 Å². The van der Waals surface area contributed by atoms with Gasteiger partial charge in [-0.15, -0.1) is 0 Å². The minimum Gasteiger partial charge on any atom is -0.508 e. The molecule has 20 heavy (non-hydrogen) atoms. The van der Waals surface area contributed by atoms with E-state index in [4.69, 9.17) is 11.6 Å². The van der Waals surface area contributed by atoms with Crippen LogP contribution in [0.3, 0.4) is 0 Å². The first-order valence-electron chi connectivity index (χ1n) is 5.61. The van der Waals surface area contributed by atoms with Crippen LogP contribution >= 0.6 is 11.6 Å². The van der Waals surface area contributed by atoms with Crippen LogP contribution in [-0.4, -0.2) is 34.8 Å². The quantitative estimate of drug-likeness (QED) is 0.868. The molecule has 2 rings (SSSR count). The van der Waals surface area contributed by atoms with Crippen LogP contribution in [0.1, 0.15) is 5.56 Å². The SMILES string of the molecule is CN(Cc1cccc(O)c1)S(=O)(=O)c1cnc(Cl)nc1. The summed E-state index contributed by atoms with van der Waals surface area (Å²) in [5.74, 6) is 0.0862. The molecule has 106 valence electrons. The van der Waals surface area contributed by atoms with Gasteiger partial charge in [0.15, 0.2) is 0 Å². The molecule has 2 aromatic rings. The Hall–Kier alpha value is -1.70. The van der Waals surface area contributed by atoms with E-state index in [0.717, 1.165) is 16.7 Å². The van der Waals surface area contributed by atoms with Gasteiger partial charge in [0.2, 0.25) is 15.3 Å². The average Bonchev–Trinajstić information content (AvgIpc) is 2.39. The van der Waals surface area contributed by atoms with Gasteiger partial charge in [0.05, 0.1) is 12.4 Å². The zero-order valence-corrected chi connectivity index (χ0v) is 12.1. The molecule has 0 saturated carbocycles. The van der Waals surface area contributed by atoms with Gasteiger partial charge in [-0.3, -0.25) is 0 Å². The van der Waals surface area contributed by atoms with Crippen molar-refractivity contribution in [2.24, 2.45) is 0 Å². The average molecular weight is 314 g/mol. The van der Waals surface area contributed by atoms with Crippen LogP contribution in [0.2, 0.25) is 5.28 Å². The minimum atomic E-state index is -3.70. The molecule has 0 aliphatic carbocycles. The second-order valence-electron chi connectivity index (χ2n) is 4.12. The highest BCUT2D eigenvalue weighted by Crippen LogP contribution is 2.18. The molecular formula is C12H12ClN3O3S. The second-order valence-corrected chi connectivity index (χ2v) is 6.50. The molecule has 1 aromatic carbocycles. The third kappa shape index (κ3) is 3.24. The molecule has 0 radical (unpaired) electrons. The number of hydrogen-bond acceptors (Lipinski definition) is 5. The van der Waals surface area contributed by atoms with Crippen molar-refractivity contribution in [3.63, 3.8) is 0 Å². The van der Waals surface area contributed by atoms with Crippen molar-refractivity contribution < 1.29 is 13.5 Å². The summed E-state index contributed by atoms with van der Waals surface area (Å²) in [5, 5.41) is 9.36. The monoisotopic (exact) mass is 313 g/mol. The largest absolute Gasteiger partial charge is 0.508 e. The molecule has 0 saturated heterocycles. The summed E-state index contributed by atoms with van der Waals surface area (Å²) in [4.78, 5) is 7.28. The molecule has 1 heterocycles. The molecule has 1 aromatic heterocycles. The van der Waals surface area contributed by atoms with Crippen molar-refractivity contribution in [2.45, 2.75) is 11.4 Å². The van der Waals surface area contributed by atoms with Crippen molar-refractivity contribution in [3.05, 3.63) is 47.5 Å². The van der Waals surface area contributed by atoms with E-state index < -0.39 is 10.0 Å². The fourth-order valence-corrected chi connectivity index (χ4v) is 2.76. The van der Waals surface area contributed by atoms with Crippen molar-refractivity contribution in [1.82, 2.24) is 14.3 Å². The maximum atomic E-state index is 12.3. The number of aromatic nitrogens is 2. The predicted molar refractivity (Wildman–Crippen MR) is 73.8 cm³/mol. The van der Waals surface area contributed by atoms with Crippen molar-refractivity contribution >= 4 is 21.6 Å². The van der Waals surface area contributed by atoms with Crippen LogP contribution in [0.15, 0.2) is 41.6 Å². The van der Waals surface area contributed by atoms with Crippen LogP contribution in [-0.2, 0) is 16.6 Å². The van der Waals surface area contributed by atoms with E-state index in [1.54, 1.807) is 12.1 Å². The summed E-state index contributed by atoms with van der Waals surface area (Å²) in [5.41, 5.74) is 0.672. The second kappa shape index (κ2) is 5.74. The summed E-state index contributed by atoms with van der Waals surface area (Å²) >= 11 is 5.53. The van der Waals surface area contributed by atoms with Crippen molar-refractivity contribution in [1.29, 1.82) is 0 Å². The lowest BCUT2D eigenvalue weighted by Gasteiger charge is -2.16. The summed E-state index contributed by atoms with van der Waals surface area (Å²) in [7, 11) is -2.26. The Morgan fingerprint density at radius 1 is 1.30 bits per heavy atom. The maximum absolute atomic E-state index is 12.3. The van der Waals surface area contributed by atoms with Gasteiger partial charge < -0.3 is 5.11 Å². The molecule has 8 heteroatoms. The number of sulfonamides is 1. The lowest BCUT2D eigenvalue weighted by atomic mass is 10.2. The van der Waals surface area contributed by atoms with Gasteiger partial charge in [0.1, 0.15) is 10.6 Å². The predicted octanol–water partition coefficient (Wildman–Crippen LogP) is 1.66. The Kier molecular flexibility index (Phi) is 4.22. The molecule has 0 fully saturated rings. The number of rotatable bonds is 4. The van der Waals surface area contributed by atoms with Crippen LogP contribution in [0.5, 0.6) is 5.75 Å². The summed E-state index contributed by atoms with van der Waals surface area (Å²) < 4.78 is 25.7. The fourth-order valence-electron chi connectivity index (χ4n) is 1.61. The third-order valence-electron chi connectivity index (χ3n) is 2.62. The van der Waals surface area contributed by atoms with Gasteiger partial charge in [-0.1, -0.05) is 12.1 Å². The number of aromatic hydroxyl groups is 1. The van der Waals surface area contributed by atoms with E-state index in [0.29, 0.717) is 5.56 Å². The Bertz CT molecular complexity index is 704. The molecule has 0 aliphatic rings. The van der Waals surface area contributed by atoms with E-state index in [1.165, 1.54) is 19.2 Å². The van der Waals surface area contributed by atoms with Crippen molar-refractivity contribution in [3.8, 4) is 5.75 Å². The topological polar surface area (TPSA) is 83.4 Å². The van der Waals surface area contributed by atoms with Gasteiger partial charge in [-0.05, 0) is 29.3 Å². The van der Waals surface area contributed by atoms with Gasteiger partial charge in [0, 0.05) is 13.6 Å². The van der Waals surface area contributed by atoms with E-state index in [2.05, 4.69) is 9.97 Å². The lowest BCUT2D eigenvalue weighted by Crippen LogP contribution is -2.26. The van der Waals surface area contributed by atoms with Gasteiger partial charge in [-0.2, -0.15) is 4.31 Å². The zero-order chi connectivity index (χ0) is 14.8. The first-order valence-corrected chi connectivity index (χ1v) is 7.43.